The Morgan fingerprint density at radius 2 is 1.38 bits per heavy atom. The summed E-state index contributed by atoms with van der Waals surface area (Å²) in [6.07, 6.45) is 1.34. The van der Waals surface area contributed by atoms with Crippen LogP contribution >= 0.6 is 0 Å². The molecular weight excluding hydrogens is 368 g/mol. The molecule has 0 bridgehead atoms. The molecule has 2 aromatic rings. The van der Waals surface area contributed by atoms with Gasteiger partial charge in [-0.2, -0.15) is 0 Å². The van der Waals surface area contributed by atoms with Gasteiger partial charge in [-0.15, -0.1) is 0 Å². The van der Waals surface area contributed by atoms with Gasteiger partial charge in [-0.25, -0.2) is 4.79 Å². The lowest BCUT2D eigenvalue weighted by atomic mass is 9.79. The number of esters is 2. The minimum atomic E-state index is -1.95. The molecule has 2 rings (SSSR count). The standard InChI is InChI=1S/C24H30O5/c1-3-28-22(25)21(16-15-19-11-7-5-8-12-19)24(27,23(26)29-4-2)18-17-20-13-9-6-10-14-20/h5-14,21,27H,3-4,15-18H2,1-2H3. The van der Waals surface area contributed by atoms with Gasteiger partial charge in [-0.05, 0) is 50.7 Å². The van der Waals surface area contributed by atoms with E-state index in [1.807, 2.05) is 60.7 Å². The van der Waals surface area contributed by atoms with Crippen LogP contribution in [0.5, 0.6) is 0 Å². The highest BCUT2D eigenvalue weighted by Gasteiger charge is 2.49. The third kappa shape index (κ3) is 6.43. The number of benzene rings is 2. The first-order chi connectivity index (χ1) is 14.0. The van der Waals surface area contributed by atoms with Gasteiger partial charge in [0.2, 0.25) is 0 Å². The molecule has 0 saturated carbocycles. The number of rotatable bonds is 11. The summed E-state index contributed by atoms with van der Waals surface area (Å²) in [5.74, 6) is -2.36. The van der Waals surface area contributed by atoms with Crippen molar-refractivity contribution in [3.8, 4) is 0 Å². The van der Waals surface area contributed by atoms with E-state index < -0.39 is 23.5 Å². The fourth-order valence-electron chi connectivity index (χ4n) is 3.40. The quantitative estimate of drug-likeness (QED) is 0.584. The summed E-state index contributed by atoms with van der Waals surface area (Å²) >= 11 is 0. The molecule has 1 N–H and O–H groups in total. The van der Waals surface area contributed by atoms with E-state index in [1.54, 1.807) is 13.8 Å². The third-order valence-corrected chi connectivity index (χ3v) is 4.98. The van der Waals surface area contributed by atoms with Gasteiger partial charge >= 0.3 is 11.9 Å². The van der Waals surface area contributed by atoms with E-state index in [0.717, 1.165) is 11.1 Å². The van der Waals surface area contributed by atoms with Gasteiger partial charge in [0, 0.05) is 0 Å². The van der Waals surface area contributed by atoms with Crippen LogP contribution in [0.25, 0.3) is 0 Å². The van der Waals surface area contributed by atoms with E-state index >= 15 is 0 Å². The molecule has 0 spiro atoms. The summed E-state index contributed by atoms with van der Waals surface area (Å²) in [5, 5.41) is 11.4. The van der Waals surface area contributed by atoms with Crippen molar-refractivity contribution in [1.29, 1.82) is 0 Å². The lowest BCUT2D eigenvalue weighted by molar-refractivity contribution is -0.182. The molecule has 2 atom stereocenters. The monoisotopic (exact) mass is 398 g/mol. The van der Waals surface area contributed by atoms with E-state index in [4.69, 9.17) is 9.47 Å². The lowest BCUT2D eigenvalue weighted by Crippen LogP contribution is -2.51. The first kappa shape index (κ1) is 22.6. The molecule has 0 amide bonds. The Balaban J connectivity index is 2.27. The number of hydrogen-bond acceptors (Lipinski definition) is 5. The van der Waals surface area contributed by atoms with Crippen LogP contribution in [0.15, 0.2) is 60.7 Å². The predicted octanol–water partition coefficient (Wildman–Crippen LogP) is 3.73. The van der Waals surface area contributed by atoms with Gasteiger partial charge in [0.1, 0.15) is 0 Å². The smallest absolute Gasteiger partial charge is 0.339 e. The van der Waals surface area contributed by atoms with Crippen LogP contribution in [0.4, 0.5) is 0 Å². The second kappa shape index (κ2) is 11.4. The van der Waals surface area contributed by atoms with Crippen molar-refractivity contribution in [2.45, 2.75) is 45.1 Å². The normalized spacial score (nSPS) is 13.9. The van der Waals surface area contributed by atoms with Crippen LogP contribution in [-0.4, -0.2) is 35.9 Å². The van der Waals surface area contributed by atoms with E-state index in [2.05, 4.69) is 0 Å². The summed E-state index contributed by atoms with van der Waals surface area (Å²) in [7, 11) is 0. The number of ether oxygens (including phenoxy) is 2. The topological polar surface area (TPSA) is 72.8 Å². The Morgan fingerprint density at radius 1 is 0.862 bits per heavy atom. The van der Waals surface area contributed by atoms with Crippen LogP contribution in [0, 0.1) is 5.92 Å². The zero-order valence-corrected chi connectivity index (χ0v) is 17.2. The van der Waals surface area contributed by atoms with E-state index in [9.17, 15) is 14.7 Å². The van der Waals surface area contributed by atoms with Gasteiger partial charge in [0.15, 0.2) is 5.60 Å². The minimum absolute atomic E-state index is 0.0775. The van der Waals surface area contributed by atoms with Gasteiger partial charge in [-0.1, -0.05) is 60.7 Å². The first-order valence-electron chi connectivity index (χ1n) is 10.1. The zero-order chi connectivity index (χ0) is 21.1. The molecule has 0 radical (unpaired) electrons. The predicted molar refractivity (Wildman–Crippen MR) is 111 cm³/mol. The molecule has 0 saturated heterocycles. The second-order valence-electron chi connectivity index (χ2n) is 6.96. The zero-order valence-electron chi connectivity index (χ0n) is 17.2. The Labute approximate surface area is 172 Å². The number of carbonyl (C=O) groups excluding carboxylic acids is 2. The highest BCUT2D eigenvalue weighted by Crippen LogP contribution is 2.31. The van der Waals surface area contributed by atoms with Crippen molar-refractivity contribution >= 4 is 11.9 Å². The first-order valence-corrected chi connectivity index (χ1v) is 10.1. The molecule has 0 heterocycles. The molecule has 29 heavy (non-hydrogen) atoms. The van der Waals surface area contributed by atoms with Crippen LogP contribution in [0.2, 0.25) is 0 Å². The highest BCUT2D eigenvalue weighted by molar-refractivity contribution is 5.87. The van der Waals surface area contributed by atoms with Crippen LogP contribution < -0.4 is 0 Å². The molecule has 2 unspecified atom stereocenters. The molecule has 0 aliphatic heterocycles. The van der Waals surface area contributed by atoms with Gasteiger partial charge in [0.05, 0.1) is 19.1 Å². The maximum atomic E-state index is 12.8. The molecule has 0 aromatic heterocycles. The molecule has 0 aliphatic rings. The molecule has 156 valence electrons. The fraction of sp³-hybridized carbons (Fsp3) is 0.417. The number of hydrogen-bond donors (Lipinski definition) is 1. The highest BCUT2D eigenvalue weighted by atomic mass is 16.6. The maximum Gasteiger partial charge on any atom is 0.339 e. The van der Waals surface area contributed by atoms with Crippen molar-refractivity contribution in [2.24, 2.45) is 5.92 Å². The van der Waals surface area contributed by atoms with Crippen molar-refractivity contribution in [2.75, 3.05) is 13.2 Å². The largest absolute Gasteiger partial charge is 0.466 e. The summed E-state index contributed by atoms with van der Waals surface area (Å²) in [4.78, 5) is 25.5. The third-order valence-electron chi connectivity index (χ3n) is 4.98. The molecule has 0 fully saturated rings. The molecule has 5 heteroatoms. The maximum absolute atomic E-state index is 12.8. The minimum Gasteiger partial charge on any atom is -0.466 e. The van der Waals surface area contributed by atoms with Crippen molar-refractivity contribution in [3.63, 3.8) is 0 Å². The molecular formula is C24H30O5. The summed E-state index contributed by atoms with van der Waals surface area (Å²) in [6.45, 7) is 3.69. The van der Waals surface area contributed by atoms with E-state index in [1.165, 1.54) is 0 Å². The Bertz CT molecular complexity index is 759. The summed E-state index contributed by atoms with van der Waals surface area (Å²) in [5.41, 5.74) is 0.0457. The average Bonchev–Trinajstić information content (AvgIpc) is 2.74. The Hall–Kier alpha value is -2.66. The van der Waals surface area contributed by atoms with E-state index in [0.29, 0.717) is 12.8 Å². The molecule has 5 nitrogen and oxygen atoms in total. The van der Waals surface area contributed by atoms with E-state index in [-0.39, 0.29) is 26.1 Å². The Kier molecular flexibility index (Phi) is 8.87. The molecule has 0 aliphatic carbocycles. The Morgan fingerprint density at radius 3 is 1.90 bits per heavy atom. The van der Waals surface area contributed by atoms with Crippen LogP contribution in [-0.2, 0) is 31.9 Å². The summed E-state index contributed by atoms with van der Waals surface area (Å²) in [6, 6.07) is 19.2. The van der Waals surface area contributed by atoms with Crippen LogP contribution in [0.1, 0.15) is 37.8 Å². The van der Waals surface area contributed by atoms with Gasteiger partial charge in [0.25, 0.3) is 0 Å². The number of carbonyl (C=O) groups is 2. The number of aliphatic hydroxyl groups is 1. The van der Waals surface area contributed by atoms with Crippen LogP contribution in [0.3, 0.4) is 0 Å². The van der Waals surface area contributed by atoms with Gasteiger partial charge < -0.3 is 14.6 Å². The van der Waals surface area contributed by atoms with Gasteiger partial charge in [-0.3, -0.25) is 4.79 Å². The van der Waals surface area contributed by atoms with Crippen molar-refractivity contribution in [3.05, 3.63) is 71.8 Å². The molecule has 2 aromatic carbocycles. The summed E-state index contributed by atoms with van der Waals surface area (Å²) < 4.78 is 10.4. The average molecular weight is 398 g/mol. The fourth-order valence-corrected chi connectivity index (χ4v) is 3.40. The lowest BCUT2D eigenvalue weighted by Gasteiger charge is -2.32. The number of aryl methyl sites for hydroxylation is 2. The SMILES string of the molecule is CCOC(=O)C(CCc1ccccc1)C(O)(CCc1ccccc1)C(=O)OCC. The van der Waals surface area contributed by atoms with Crippen molar-refractivity contribution in [1.82, 2.24) is 0 Å². The second-order valence-corrected chi connectivity index (χ2v) is 6.96. The van der Waals surface area contributed by atoms with Crippen molar-refractivity contribution < 1.29 is 24.2 Å².